The first-order chi connectivity index (χ1) is 14.4. The zero-order valence-corrected chi connectivity index (χ0v) is 17.8. The van der Waals surface area contributed by atoms with Crippen LogP contribution in [0.15, 0.2) is 69.3 Å². The van der Waals surface area contributed by atoms with Gasteiger partial charge in [-0.05, 0) is 53.9 Å². The summed E-state index contributed by atoms with van der Waals surface area (Å²) in [6, 6.07) is 14.4. The molecule has 0 atom stereocenters. The smallest absolute Gasteiger partial charge is 0.271 e. The van der Waals surface area contributed by atoms with Crippen LogP contribution in [-0.4, -0.2) is 34.8 Å². The Morgan fingerprint density at radius 3 is 2.47 bits per heavy atom. The molecule has 0 saturated carbocycles. The van der Waals surface area contributed by atoms with Crippen LogP contribution in [0.25, 0.3) is 0 Å². The fourth-order valence-electron chi connectivity index (χ4n) is 2.48. The van der Waals surface area contributed by atoms with E-state index in [9.17, 15) is 13.2 Å². The van der Waals surface area contributed by atoms with Gasteiger partial charge in [-0.3, -0.25) is 9.52 Å². The largest absolute Gasteiger partial charge is 0.497 e. The van der Waals surface area contributed by atoms with Crippen molar-refractivity contribution in [2.24, 2.45) is 5.10 Å². The van der Waals surface area contributed by atoms with Crippen molar-refractivity contribution in [3.05, 3.63) is 71.1 Å². The van der Waals surface area contributed by atoms with Gasteiger partial charge in [0.1, 0.15) is 15.7 Å². The van der Waals surface area contributed by atoms with Crippen LogP contribution in [-0.2, 0) is 10.0 Å². The van der Waals surface area contributed by atoms with Crippen molar-refractivity contribution in [3.8, 4) is 11.5 Å². The molecular weight excluding hydrogens is 426 g/mol. The third-order valence-electron chi connectivity index (χ3n) is 3.97. The number of nitrogens with zero attached hydrogens (tertiary/aromatic N) is 1. The molecule has 3 aromatic rings. The van der Waals surface area contributed by atoms with Crippen LogP contribution in [0.2, 0.25) is 0 Å². The molecule has 0 radical (unpaired) electrons. The molecule has 1 aromatic heterocycles. The van der Waals surface area contributed by atoms with E-state index in [4.69, 9.17) is 9.47 Å². The van der Waals surface area contributed by atoms with Crippen LogP contribution in [0.3, 0.4) is 0 Å². The summed E-state index contributed by atoms with van der Waals surface area (Å²) in [4.78, 5) is 12.3. The van der Waals surface area contributed by atoms with E-state index in [-0.39, 0.29) is 4.21 Å². The minimum atomic E-state index is -3.64. The van der Waals surface area contributed by atoms with E-state index in [2.05, 4.69) is 15.2 Å². The van der Waals surface area contributed by atoms with Gasteiger partial charge in [0.25, 0.3) is 15.9 Å². The number of nitrogens with one attached hydrogen (secondary N) is 2. The zero-order valence-electron chi connectivity index (χ0n) is 16.2. The molecular formula is C20H19N3O5S2. The van der Waals surface area contributed by atoms with E-state index in [1.807, 2.05) is 0 Å². The lowest BCUT2D eigenvalue weighted by atomic mass is 10.2. The Morgan fingerprint density at radius 2 is 1.83 bits per heavy atom. The zero-order chi connectivity index (χ0) is 21.6. The van der Waals surface area contributed by atoms with Crippen LogP contribution < -0.4 is 19.6 Å². The van der Waals surface area contributed by atoms with E-state index in [0.29, 0.717) is 28.3 Å². The first-order valence-corrected chi connectivity index (χ1v) is 11.0. The van der Waals surface area contributed by atoms with Crippen molar-refractivity contribution >= 4 is 39.2 Å². The Hall–Kier alpha value is -3.37. The highest BCUT2D eigenvalue weighted by Gasteiger charge is 2.15. The van der Waals surface area contributed by atoms with Crippen molar-refractivity contribution < 1.29 is 22.7 Å². The monoisotopic (exact) mass is 445 g/mol. The molecule has 1 heterocycles. The number of rotatable bonds is 8. The number of hydrogen-bond acceptors (Lipinski definition) is 7. The maximum atomic E-state index is 12.3. The molecule has 30 heavy (non-hydrogen) atoms. The first kappa shape index (κ1) is 21.3. The van der Waals surface area contributed by atoms with Crippen LogP contribution in [0, 0.1) is 0 Å². The number of hydrazone groups is 1. The van der Waals surface area contributed by atoms with E-state index < -0.39 is 15.9 Å². The second-order valence-electron chi connectivity index (χ2n) is 5.92. The number of hydrogen-bond donors (Lipinski definition) is 2. The quantitative estimate of drug-likeness (QED) is 0.409. The summed E-state index contributed by atoms with van der Waals surface area (Å²) >= 11 is 1.12. The van der Waals surface area contributed by atoms with Gasteiger partial charge >= 0.3 is 0 Å². The lowest BCUT2D eigenvalue weighted by Gasteiger charge is -2.07. The molecule has 2 aromatic carbocycles. The number of thiophene rings is 1. The van der Waals surface area contributed by atoms with E-state index in [0.717, 1.165) is 11.3 Å². The number of amides is 1. The third kappa shape index (κ3) is 5.16. The first-order valence-electron chi connectivity index (χ1n) is 8.65. The number of benzene rings is 2. The summed E-state index contributed by atoms with van der Waals surface area (Å²) in [6.45, 7) is 0. The van der Waals surface area contributed by atoms with Gasteiger partial charge in [0.2, 0.25) is 0 Å². The number of carbonyl (C=O) groups is 1. The Balaban J connectivity index is 1.65. The van der Waals surface area contributed by atoms with Gasteiger partial charge in [0, 0.05) is 16.8 Å². The van der Waals surface area contributed by atoms with Gasteiger partial charge in [-0.1, -0.05) is 6.07 Å². The molecule has 0 fully saturated rings. The number of anilines is 1. The highest BCUT2D eigenvalue weighted by Crippen LogP contribution is 2.22. The summed E-state index contributed by atoms with van der Waals surface area (Å²) in [7, 11) is -0.554. The second-order valence-corrected chi connectivity index (χ2v) is 8.78. The SMILES string of the molecule is COc1ccc(OC)c(/C=N\NC(=O)c2ccc(NS(=O)(=O)c3cccs3)cc2)c1. The molecule has 0 spiro atoms. The maximum Gasteiger partial charge on any atom is 0.271 e. The van der Waals surface area contributed by atoms with Crippen LogP contribution in [0.1, 0.15) is 15.9 Å². The average Bonchev–Trinajstić information content (AvgIpc) is 3.30. The molecule has 0 saturated heterocycles. The standard InChI is InChI=1S/C20H19N3O5S2/c1-27-17-9-10-18(28-2)15(12-17)13-21-22-20(24)14-5-7-16(8-6-14)23-30(25,26)19-4-3-11-29-19/h3-13,23H,1-2H3,(H,22,24)/b21-13-. The molecule has 0 aliphatic carbocycles. The number of carbonyl (C=O) groups excluding carboxylic acids is 1. The molecule has 10 heteroatoms. The molecule has 3 rings (SSSR count). The van der Waals surface area contributed by atoms with Gasteiger partial charge in [0.05, 0.1) is 20.4 Å². The van der Waals surface area contributed by atoms with Crippen molar-refractivity contribution in [1.29, 1.82) is 0 Å². The van der Waals surface area contributed by atoms with Crippen molar-refractivity contribution in [1.82, 2.24) is 5.43 Å². The number of methoxy groups -OCH3 is 2. The Bertz CT molecular complexity index is 1140. The summed E-state index contributed by atoms with van der Waals surface area (Å²) in [5.74, 6) is 0.765. The van der Waals surface area contributed by atoms with E-state index in [1.165, 1.54) is 43.7 Å². The van der Waals surface area contributed by atoms with Crippen molar-refractivity contribution in [2.75, 3.05) is 18.9 Å². The summed E-state index contributed by atoms with van der Waals surface area (Å²) in [5.41, 5.74) is 3.73. The van der Waals surface area contributed by atoms with Gasteiger partial charge in [-0.2, -0.15) is 5.10 Å². The third-order valence-corrected chi connectivity index (χ3v) is 6.74. The average molecular weight is 446 g/mol. The Labute approximate surface area is 178 Å². The molecule has 0 aliphatic rings. The maximum absolute atomic E-state index is 12.3. The minimum Gasteiger partial charge on any atom is -0.497 e. The fraction of sp³-hybridized carbons (Fsp3) is 0.100. The molecule has 8 nitrogen and oxygen atoms in total. The normalized spacial score (nSPS) is 11.3. The van der Waals surface area contributed by atoms with E-state index in [1.54, 1.807) is 36.8 Å². The molecule has 2 N–H and O–H groups in total. The number of ether oxygens (including phenoxy) is 2. The van der Waals surface area contributed by atoms with Crippen LogP contribution in [0.5, 0.6) is 11.5 Å². The van der Waals surface area contributed by atoms with Gasteiger partial charge in [-0.15, -0.1) is 11.3 Å². The van der Waals surface area contributed by atoms with Gasteiger partial charge in [0.15, 0.2) is 0 Å². The summed E-state index contributed by atoms with van der Waals surface area (Å²) in [5, 5.41) is 5.63. The minimum absolute atomic E-state index is 0.214. The Morgan fingerprint density at radius 1 is 1.07 bits per heavy atom. The fourth-order valence-corrected chi connectivity index (χ4v) is 4.53. The number of sulfonamides is 1. The van der Waals surface area contributed by atoms with Crippen molar-refractivity contribution in [3.63, 3.8) is 0 Å². The lowest BCUT2D eigenvalue weighted by Crippen LogP contribution is -2.18. The molecule has 0 aliphatic heterocycles. The molecule has 1 amide bonds. The van der Waals surface area contributed by atoms with Gasteiger partial charge in [-0.25, -0.2) is 13.8 Å². The summed E-state index contributed by atoms with van der Waals surface area (Å²) < 4.78 is 37.6. The van der Waals surface area contributed by atoms with Crippen LogP contribution >= 0.6 is 11.3 Å². The topological polar surface area (TPSA) is 106 Å². The molecule has 156 valence electrons. The lowest BCUT2D eigenvalue weighted by molar-refractivity contribution is 0.0955. The second kappa shape index (κ2) is 9.42. The predicted octanol–water partition coefficient (Wildman–Crippen LogP) is 3.33. The molecule has 0 unspecified atom stereocenters. The van der Waals surface area contributed by atoms with Crippen LogP contribution in [0.4, 0.5) is 5.69 Å². The van der Waals surface area contributed by atoms with Crippen molar-refractivity contribution in [2.45, 2.75) is 4.21 Å². The highest BCUT2D eigenvalue weighted by atomic mass is 32.2. The van der Waals surface area contributed by atoms with E-state index >= 15 is 0 Å². The predicted molar refractivity (Wildman–Crippen MR) is 116 cm³/mol. The molecule has 0 bridgehead atoms. The Kier molecular flexibility index (Phi) is 6.70. The highest BCUT2D eigenvalue weighted by molar-refractivity contribution is 7.94. The summed E-state index contributed by atoms with van der Waals surface area (Å²) in [6.07, 6.45) is 1.45. The van der Waals surface area contributed by atoms with Gasteiger partial charge < -0.3 is 9.47 Å².